The molecular formula is C30H46O4S. The van der Waals surface area contributed by atoms with Crippen molar-refractivity contribution in [1.82, 2.24) is 0 Å². The van der Waals surface area contributed by atoms with Crippen LogP contribution in [0.3, 0.4) is 0 Å². The predicted octanol–water partition coefficient (Wildman–Crippen LogP) is 9.31. The zero-order valence-corrected chi connectivity index (χ0v) is 22.8. The van der Waals surface area contributed by atoms with Crippen LogP contribution < -0.4 is 4.74 Å². The van der Waals surface area contributed by atoms with E-state index in [1.165, 1.54) is 107 Å². The topological polar surface area (TPSA) is 63.6 Å². The molecule has 0 spiro atoms. The van der Waals surface area contributed by atoms with Crippen molar-refractivity contribution in [3.63, 3.8) is 0 Å². The van der Waals surface area contributed by atoms with Crippen molar-refractivity contribution in [2.75, 3.05) is 0 Å². The van der Waals surface area contributed by atoms with Crippen LogP contribution in [0.15, 0.2) is 47.4 Å². The van der Waals surface area contributed by atoms with Gasteiger partial charge < -0.3 is 4.74 Å². The summed E-state index contributed by atoms with van der Waals surface area (Å²) in [6, 6.07) is 12.4. The van der Waals surface area contributed by atoms with Gasteiger partial charge in [-0.1, -0.05) is 103 Å². The Labute approximate surface area is 214 Å². The van der Waals surface area contributed by atoms with Crippen LogP contribution in [0.25, 0.3) is 0 Å². The molecule has 2 rings (SSSR count). The third-order valence-electron chi connectivity index (χ3n) is 6.59. The van der Waals surface area contributed by atoms with Crippen LogP contribution in [-0.2, 0) is 23.0 Å². The first-order chi connectivity index (χ1) is 16.9. The quantitative estimate of drug-likeness (QED) is 0.153. The van der Waals surface area contributed by atoms with Gasteiger partial charge >= 0.3 is 0 Å². The molecule has 35 heavy (non-hydrogen) atoms. The third kappa shape index (κ3) is 12.1. The lowest BCUT2D eigenvalue weighted by Gasteiger charge is -2.14. The summed E-state index contributed by atoms with van der Waals surface area (Å²) in [5, 5.41) is 0. The van der Waals surface area contributed by atoms with Crippen molar-refractivity contribution >= 4 is 10.1 Å². The number of rotatable bonds is 19. The van der Waals surface area contributed by atoms with Gasteiger partial charge in [-0.2, -0.15) is 8.42 Å². The smallest absolute Gasteiger partial charge is 0.294 e. The van der Waals surface area contributed by atoms with Gasteiger partial charge in [0.25, 0.3) is 10.1 Å². The lowest BCUT2D eigenvalue weighted by Crippen LogP contribution is -1.98. The van der Waals surface area contributed by atoms with Crippen LogP contribution in [0.5, 0.6) is 11.5 Å². The van der Waals surface area contributed by atoms with E-state index in [0.29, 0.717) is 5.75 Å². The van der Waals surface area contributed by atoms with Gasteiger partial charge in [-0.05, 0) is 67.1 Å². The number of unbranched alkanes of at least 4 members (excludes halogenated alkanes) is 12. The van der Waals surface area contributed by atoms with E-state index in [9.17, 15) is 13.0 Å². The average molecular weight is 503 g/mol. The fourth-order valence-electron chi connectivity index (χ4n) is 4.45. The molecule has 0 aliphatic carbocycles. The normalized spacial score (nSPS) is 11.6. The van der Waals surface area contributed by atoms with Gasteiger partial charge in [-0.15, -0.1) is 0 Å². The van der Waals surface area contributed by atoms with Crippen LogP contribution in [0, 0.1) is 0 Å². The third-order valence-corrected chi connectivity index (χ3v) is 7.46. The fraction of sp³-hybridized carbons (Fsp3) is 0.600. The highest BCUT2D eigenvalue weighted by atomic mass is 32.2. The molecule has 0 aliphatic rings. The molecule has 0 unspecified atom stereocenters. The van der Waals surface area contributed by atoms with E-state index >= 15 is 0 Å². The van der Waals surface area contributed by atoms with Gasteiger partial charge in [0.15, 0.2) is 0 Å². The maximum absolute atomic E-state index is 11.3. The highest BCUT2D eigenvalue weighted by Crippen LogP contribution is 2.29. The molecular weight excluding hydrogens is 456 g/mol. The minimum Gasteiger partial charge on any atom is -0.457 e. The van der Waals surface area contributed by atoms with E-state index in [4.69, 9.17) is 4.74 Å². The number of ether oxygens (including phenoxy) is 1. The Morgan fingerprint density at radius 3 is 1.71 bits per heavy atom. The van der Waals surface area contributed by atoms with E-state index in [0.717, 1.165) is 25.0 Å². The summed E-state index contributed by atoms with van der Waals surface area (Å²) in [6.45, 7) is 4.50. The Morgan fingerprint density at radius 2 is 1.17 bits per heavy atom. The summed E-state index contributed by atoms with van der Waals surface area (Å²) in [5.74, 6) is 1.40. The van der Waals surface area contributed by atoms with Crippen molar-refractivity contribution < 1.29 is 17.7 Å². The lowest BCUT2D eigenvalue weighted by molar-refractivity contribution is 0.471. The van der Waals surface area contributed by atoms with Crippen LogP contribution in [0.4, 0.5) is 0 Å². The van der Waals surface area contributed by atoms with Gasteiger partial charge in [0.1, 0.15) is 11.5 Å². The molecule has 0 fully saturated rings. The van der Waals surface area contributed by atoms with Gasteiger partial charge in [0, 0.05) is 0 Å². The fourth-order valence-corrected chi connectivity index (χ4v) is 4.93. The van der Waals surface area contributed by atoms with E-state index in [-0.39, 0.29) is 4.90 Å². The van der Waals surface area contributed by atoms with Crippen LogP contribution in [0.1, 0.15) is 115 Å². The molecule has 0 aliphatic heterocycles. The Balaban J connectivity index is 1.98. The monoisotopic (exact) mass is 502 g/mol. The average Bonchev–Trinajstić information content (AvgIpc) is 2.84. The largest absolute Gasteiger partial charge is 0.457 e. The number of benzene rings is 2. The minimum atomic E-state index is -4.20. The Kier molecular flexibility index (Phi) is 14.1. The van der Waals surface area contributed by atoms with Gasteiger partial charge in [-0.25, -0.2) is 0 Å². The maximum atomic E-state index is 11.3. The Bertz CT molecular complexity index is 935. The van der Waals surface area contributed by atoms with Crippen LogP contribution in [0.2, 0.25) is 0 Å². The molecule has 0 saturated heterocycles. The highest BCUT2D eigenvalue weighted by molar-refractivity contribution is 7.85. The molecule has 0 amide bonds. The van der Waals surface area contributed by atoms with Crippen molar-refractivity contribution in [3.8, 4) is 11.5 Å². The lowest BCUT2D eigenvalue weighted by atomic mass is 9.99. The molecule has 0 heterocycles. The molecule has 0 atom stereocenters. The molecule has 0 aromatic heterocycles. The Hall–Kier alpha value is -1.85. The molecule has 5 heteroatoms. The van der Waals surface area contributed by atoms with Gasteiger partial charge in [-0.3, -0.25) is 4.55 Å². The molecule has 196 valence electrons. The van der Waals surface area contributed by atoms with Crippen LogP contribution in [-0.4, -0.2) is 13.0 Å². The summed E-state index contributed by atoms with van der Waals surface area (Å²) in [4.78, 5) is -0.127. The first kappa shape index (κ1) is 29.4. The molecule has 1 N–H and O–H groups in total. The summed E-state index contributed by atoms with van der Waals surface area (Å²) in [7, 11) is -4.20. The van der Waals surface area contributed by atoms with E-state index < -0.39 is 10.1 Å². The van der Waals surface area contributed by atoms with E-state index in [2.05, 4.69) is 32.0 Å². The molecule has 4 nitrogen and oxygen atoms in total. The summed E-state index contributed by atoms with van der Waals surface area (Å²) in [5.41, 5.74) is 2.59. The standard InChI is InChI=1S/C30H46O4S/c1-3-5-7-9-11-13-15-17-26-19-24-30(27(25-26)18-16-14-12-10-8-6-4-2)34-28-20-22-29(23-21-28)35(31,32)33/h19-25H,3-18H2,1-2H3,(H,31,32,33). The maximum Gasteiger partial charge on any atom is 0.294 e. The Morgan fingerprint density at radius 1 is 0.657 bits per heavy atom. The highest BCUT2D eigenvalue weighted by Gasteiger charge is 2.11. The van der Waals surface area contributed by atoms with Crippen molar-refractivity contribution in [2.24, 2.45) is 0 Å². The number of aryl methyl sites for hydroxylation is 2. The molecule has 0 saturated carbocycles. The second-order valence-corrected chi connectivity index (χ2v) is 11.2. The van der Waals surface area contributed by atoms with Crippen LogP contribution >= 0.6 is 0 Å². The summed E-state index contributed by atoms with van der Waals surface area (Å²) < 4.78 is 38.0. The molecule has 0 radical (unpaired) electrons. The number of hydrogen-bond acceptors (Lipinski definition) is 3. The van der Waals surface area contributed by atoms with Crippen molar-refractivity contribution in [3.05, 3.63) is 53.6 Å². The molecule has 0 bridgehead atoms. The van der Waals surface area contributed by atoms with Gasteiger partial charge in [0.05, 0.1) is 4.90 Å². The SMILES string of the molecule is CCCCCCCCCc1ccc(Oc2ccc(S(=O)(=O)O)cc2)c(CCCCCCCCC)c1. The first-order valence-corrected chi connectivity index (χ1v) is 15.2. The molecule has 2 aromatic rings. The van der Waals surface area contributed by atoms with Crippen molar-refractivity contribution in [1.29, 1.82) is 0 Å². The zero-order chi connectivity index (χ0) is 25.4. The number of hydrogen-bond donors (Lipinski definition) is 1. The zero-order valence-electron chi connectivity index (χ0n) is 21.9. The predicted molar refractivity (Wildman–Crippen MR) is 146 cm³/mol. The van der Waals surface area contributed by atoms with Crippen molar-refractivity contribution in [2.45, 2.75) is 121 Å². The first-order valence-electron chi connectivity index (χ1n) is 13.8. The second-order valence-electron chi connectivity index (χ2n) is 9.73. The van der Waals surface area contributed by atoms with E-state index in [1.54, 1.807) is 12.1 Å². The summed E-state index contributed by atoms with van der Waals surface area (Å²) in [6.07, 6.45) is 20.2. The van der Waals surface area contributed by atoms with Gasteiger partial charge in [0.2, 0.25) is 0 Å². The van der Waals surface area contributed by atoms with E-state index in [1.807, 2.05) is 0 Å². The minimum absolute atomic E-state index is 0.127. The summed E-state index contributed by atoms with van der Waals surface area (Å²) >= 11 is 0. The second kappa shape index (κ2) is 16.8. The molecule has 2 aromatic carbocycles.